The number of hydrogen-bond donors (Lipinski definition) is 1. The molecule has 1 aromatic carbocycles. The lowest BCUT2D eigenvalue weighted by atomic mass is 10.2. The largest absolute Gasteiger partial charge is 0.391 e. The summed E-state index contributed by atoms with van der Waals surface area (Å²) in [4.78, 5) is 0.562. The summed E-state index contributed by atoms with van der Waals surface area (Å²) in [7, 11) is -2.28. The number of sulfonamides is 1. The molecule has 7 heteroatoms. The number of nitrogens with zero attached hydrogens (tertiary/aromatic N) is 1. The molecule has 2 aromatic rings. The monoisotopic (exact) mass is 329 g/mol. The van der Waals surface area contributed by atoms with Gasteiger partial charge in [0.05, 0.1) is 11.5 Å². The summed E-state index contributed by atoms with van der Waals surface area (Å²) in [5, 5.41) is 11.0. The van der Waals surface area contributed by atoms with Crippen LogP contribution in [0.25, 0.3) is 0 Å². The van der Waals surface area contributed by atoms with E-state index in [1.807, 2.05) is 0 Å². The van der Waals surface area contributed by atoms with Gasteiger partial charge < -0.3 is 5.11 Å². The maximum Gasteiger partial charge on any atom is 0.244 e. The molecular weight excluding hydrogens is 313 g/mol. The molecule has 0 bridgehead atoms. The van der Waals surface area contributed by atoms with Gasteiger partial charge in [0.2, 0.25) is 10.0 Å². The number of aryl methyl sites for hydroxylation is 1. The zero-order valence-corrected chi connectivity index (χ0v) is 13.3. The Kier molecular flexibility index (Phi) is 4.77. The van der Waals surface area contributed by atoms with E-state index in [4.69, 9.17) is 0 Å². The Bertz CT molecular complexity index is 740. The summed E-state index contributed by atoms with van der Waals surface area (Å²) < 4.78 is 39.6. The standard InChI is InChI=1S/C14H16FNO3S2/c1-10-9-20-13(8-17)14(10)21(18,19)16(2)7-11-4-3-5-12(15)6-11/h3-6,9,17H,7-8H2,1-2H3. The van der Waals surface area contributed by atoms with Gasteiger partial charge in [-0.05, 0) is 35.6 Å². The minimum absolute atomic E-state index is 0.0697. The van der Waals surface area contributed by atoms with Crippen molar-refractivity contribution in [3.05, 3.63) is 51.5 Å². The first-order valence-corrected chi connectivity index (χ1v) is 8.57. The van der Waals surface area contributed by atoms with Gasteiger partial charge in [0.1, 0.15) is 10.7 Å². The van der Waals surface area contributed by atoms with Crippen molar-refractivity contribution in [2.24, 2.45) is 0 Å². The molecule has 1 aromatic heterocycles. The quantitative estimate of drug-likeness (QED) is 0.917. The van der Waals surface area contributed by atoms with Crippen molar-refractivity contribution in [3.8, 4) is 0 Å². The van der Waals surface area contributed by atoms with Crippen LogP contribution in [0, 0.1) is 12.7 Å². The third-order valence-electron chi connectivity index (χ3n) is 3.10. The molecule has 0 aliphatic rings. The molecule has 21 heavy (non-hydrogen) atoms. The Balaban J connectivity index is 2.33. The third kappa shape index (κ3) is 3.32. The molecular formula is C14H16FNO3S2. The molecule has 0 spiro atoms. The van der Waals surface area contributed by atoms with E-state index in [2.05, 4.69) is 0 Å². The van der Waals surface area contributed by atoms with E-state index in [0.717, 1.165) is 4.31 Å². The van der Waals surface area contributed by atoms with Gasteiger partial charge in [0, 0.05) is 13.6 Å². The molecule has 1 heterocycles. The van der Waals surface area contributed by atoms with E-state index in [-0.39, 0.29) is 18.0 Å². The van der Waals surface area contributed by atoms with Crippen LogP contribution in [0.3, 0.4) is 0 Å². The lowest BCUT2D eigenvalue weighted by molar-refractivity contribution is 0.282. The summed E-state index contributed by atoms with van der Waals surface area (Å²) in [5.41, 5.74) is 1.18. The summed E-state index contributed by atoms with van der Waals surface area (Å²) >= 11 is 1.21. The number of aliphatic hydroxyl groups excluding tert-OH is 1. The summed E-state index contributed by atoms with van der Waals surface area (Å²) in [5.74, 6) is -0.402. The van der Waals surface area contributed by atoms with Crippen molar-refractivity contribution < 1.29 is 17.9 Å². The van der Waals surface area contributed by atoms with Crippen LogP contribution in [-0.4, -0.2) is 24.9 Å². The number of rotatable bonds is 5. The van der Waals surface area contributed by atoms with Gasteiger partial charge >= 0.3 is 0 Å². The van der Waals surface area contributed by atoms with Gasteiger partial charge in [0.25, 0.3) is 0 Å². The predicted molar refractivity (Wildman–Crippen MR) is 80.0 cm³/mol. The van der Waals surface area contributed by atoms with Crippen LogP contribution in [-0.2, 0) is 23.2 Å². The molecule has 0 aliphatic carbocycles. The van der Waals surface area contributed by atoms with Crippen LogP contribution >= 0.6 is 11.3 Å². The molecule has 0 amide bonds. The average molecular weight is 329 g/mol. The number of aliphatic hydroxyl groups is 1. The maximum atomic E-state index is 13.2. The van der Waals surface area contributed by atoms with Gasteiger partial charge in [-0.25, -0.2) is 12.8 Å². The predicted octanol–water partition coefficient (Wildman–Crippen LogP) is 2.51. The number of thiophene rings is 1. The zero-order chi connectivity index (χ0) is 15.6. The van der Waals surface area contributed by atoms with Crippen molar-refractivity contribution in [3.63, 3.8) is 0 Å². The van der Waals surface area contributed by atoms with Gasteiger partial charge in [-0.3, -0.25) is 0 Å². The van der Waals surface area contributed by atoms with Crippen molar-refractivity contribution in [2.75, 3.05) is 7.05 Å². The molecule has 0 saturated carbocycles. The molecule has 0 aliphatic heterocycles. The fourth-order valence-electron chi connectivity index (χ4n) is 2.08. The lowest BCUT2D eigenvalue weighted by Crippen LogP contribution is -2.27. The van der Waals surface area contributed by atoms with Gasteiger partial charge in [-0.15, -0.1) is 11.3 Å². The number of halogens is 1. The van der Waals surface area contributed by atoms with Crippen molar-refractivity contribution in [1.29, 1.82) is 0 Å². The highest BCUT2D eigenvalue weighted by atomic mass is 32.2. The minimum Gasteiger partial charge on any atom is -0.391 e. The molecule has 0 saturated heterocycles. The van der Waals surface area contributed by atoms with E-state index in [1.165, 1.54) is 30.5 Å². The molecule has 0 unspecified atom stereocenters. The zero-order valence-electron chi connectivity index (χ0n) is 11.7. The fraction of sp³-hybridized carbons (Fsp3) is 0.286. The van der Waals surface area contributed by atoms with Gasteiger partial charge in [0.15, 0.2) is 0 Å². The summed E-state index contributed by atoms with van der Waals surface area (Å²) in [6.45, 7) is 1.44. The van der Waals surface area contributed by atoms with Crippen LogP contribution in [0.15, 0.2) is 34.5 Å². The second kappa shape index (κ2) is 6.23. The highest BCUT2D eigenvalue weighted by Crippen LogP contribution is 2.29. The Morgan fingerprint density at radius 2 is 2.10 bits per heavy atom. The first-order valence-electron chi connectivity index (χ1n) is 6.25. The molecule has 2 rings (SSSR count). The van der Waals surface area contributed by atoms with Crippen molar-refractivity contribution >= 4 is 21.4 Å². The van der Waals surface area contributed by atoms with Crippen molar-refractivity contribution in [2.45, 2.75) is 25.0 Å². The van der Waals surface area contributed by atoms with E-state index in [9.17, 15) is 17.9 Å². The molecule has 0 atom stereocenters. The SMILES string of the molecule is Cc1csc(CO)c1S(=O)(=O)N(C)Cc1cccc(F)c1. The normalized spacial score (nSPS) is 12.0. The van der Waals surface area contributed by atoms with E-state index >= 15 is 0 Å². The molecule has 114 valence electrons. The van der Waals surface area contributed by atoms with E-state index < -0.39 is 15.8 Å². The minimum atomic E-state index is -3.72. The van der Waals surface area contributed by atoms with Crippen LogP contribution in [0.1, 0.15) is 16.0 Å². The lowest BCUT2D eigenvalue weighted by Gasteiger charge is -2.18. The maximum absolute atomic E-state index is 13.2. The van der Waals surface area contributed by atoms with Crippen LogP contribution in [0.2, 0.25) is 0 Å². The van der Waals surface area contributed by atoms with E-state index in [1.54, 1.807) is 24.4 Å². The summed E-state index contributed by atoms with van der Waals surface area (Å²) in [6.07, 6.45) is 0. The van der Waals surface area contributed by atoms with Crippen LogP contribution in [0.4, 0.5) is 4.39 Å². The van der Waals surface area contributed by atoms with Crippen molar-refractivity contribution in [1.82, 2.24) is 4.31 Å². The van der Waals surface area contributed by atoms with Crippen LogP contribution < -0.4 is 0 Å². The first-order chi connectivity index (χ1) is 9.86. The molecule has 0 radical (unpaired) electrons. The number of hydrogen-bond acceptors (Lipinski definition) is 4. The fourth-order valence-corrected chi connectivity index (χ4v) is 4.84. The highest BCUT2D eigenvalue weighted by Gasteiger charge is 2.27. The Labute approximate surface area is 127 Å². The van der Waals surface area contributed by atoms with Crippen LogP contribution in [0.5, 0.6) is 0 Å². The average Bonchev–Trinajstić information content (AvgIpc) is 2.80. The topological polar surface area (TPSA) is 57.6 Å². The van der Waals surface area contributed by atoms with E-state index in [0.29, 0.717) is 16.0 Å². The Morgan fingerprint density at radius 3 is 2.71 bits per heavy atom. The molecule has 0 fully saturated rings. The second-order valence-electron chi connectivity index (χ2n) is 4.72. The smallest absolute Gasteiger partial charge is 0.244 e. The van der Waals surface area contributed by atoms with Gasteiger partial charge in [-0.1, -0.05) is 12.1 Å². The highest BCUT2D eigenvalue weighted by molar-refractivity contribution is 7.89. The third-order valence-corrected chi connectivity index (χ3v) is 6.35. The Morgan fingerprint density at radius 1 is 1.38 bits per heavy atom. The Hall–Kier alpha value is -1.28. The van der Waals surface area contributed by atoms with Gasteiger partial charge in [-0.2, -0.15) is 4.31 Å². The molecule has 1 N–H and O–H groups in total. The molecule has 4 nitrogen and oxygen atoms in total. The second-order valence-corrected chi connectivity index (χ2v) is 7.67. The summed E-state index contributed by atoms with van der Waals surface area (Å²) in [6, 6.07) is 5.83. The first kappa shape index (κ1) is 16.1. The number of benzene rings is 1.